The highest BCUT2D eigenvalue weighted by Crippen LogP contribution is 2.42. The number of hydrogen-bond acceptors (Lipinski definition) is 9. The fraction of sp³-hybridized carbons (Fsp3) is 0.385. The number of rotatable bonds is 6. The quantitative estimate of drug-likeness (QED) is 0.292. The largest absolute Gasteiger partial charge is 0.493 e. The highest BCUT2D eigenvalue weighted by Gasteiger charge is 2.55. The number of methoxy groups -OCH3 is 2. The van der Waals surface area contributed by atoms with Crippen LogP contribution in [0.3, 0.4) is 0 Å². The maximum Gasteiger partial charge on any atom is 0.429 e. The summed E-state index contributed by atoms with van der Waals surface area (Å²) < 4.78 is 10.8. The van der Waals surface area contributed by atoms with Gasteiger partial charge in [-0.25, -0.2) is 24.6 Å². The first-order valence-electron chi connectivity index (χ1n) is 12.4. The number of benzene rings is 2. The number of quaternary nitrogens is 1. The molecule has 2 aromatic carbocycles. The molecule has 12 nitrogen and oxygen atoms in total. The number of anilines is 1. The Morgan fingerprint density at radius 1 is 1.08 bits per heavy atom. The zero-order valence-corrected chi connectivity index (χ0v) is 21.6. The lowest BCUT2D eigenvalue weighted by Gasteiger charge is -2.49. The van der Waals surface area contributed by atoms with Gasteiger partial charge in [0.15, 0.2) is 17.2 Å². The second kappa shape index (κ2) is 9.53. The number of nitrogens with zero attached hydrogens (tertiary/aromatic N) is 5. The number of urea groups is 1. The number of imide groups is 1. The number of carbonyl (C=O) groups excluding carboxylic acids is 2. The molecule has 3 aromatic rings. The normalized spacial score (nSPS) is 19.9. The van der Waals surface area contributed by atoms with Crippen molar-refractivity contribution in [3.8, 4) is 11.5 Å². The van der Waals surface area contributed by atoms with Crippen LogP contribution >= 0.6 is 0 Å². The Morgan fingerprint density at radius 2 is 1.76 bits per heavy atom. The summed E-state index contributed by atoms with van der Waals surface area (Å²) >= 11 is 0. The van der Waals surface area contributed by atoms with E-state index in [2.05, 4.69) is 20.2 Å². The third-order valence-corrected chi connectivity index (χ3v) is 7.66. The predicted octanol–water partition coefficient (Wildman–Crippen LogP) is 3.80. The Bertz CT molecular complexity index is 1450. The first-order valence-corrected chi connectivity index (χ1v) is 12.4. The highest BCUT2D eigenvalue weighted by atomic mass is 16.6. The standard InChI is InChI=1S/C26H28N6O6/c1-15(2)32(21-6-5-16(31(35)36)11-19(21)25(33)29-26(32)34)17-7-9-30(10-8-17)24-18-12-22(37-3)23(38-4)13-20(18)27-14-28-24/h5-6,11-15,17H,7-10H2,1-4H3/p+1. The Hall–Kier alpha value is -4.32. The second-order valence-electron chi connectivity index (χ2n) is 9.73. The number of nitro groups is 1. The molecule has 38 heavy (non-hydrogen) atoms. The Morgan fingerprint density at radius 3 is 2.39 bits per heavy atom. The van der Waals surface area contributed by atoms with Crippen LogP contribution in [0.5, 0.6) is 11.5 Å². The van der Waals surface area contributed by atoms with Crippen molar-refractivity contribution in [2.75, 3.05) is 32.2 Å². The van der Waals surface area contributed by atoms with E-state index in [1.54, 1.807) is 20.3 Å². The van der Waals surface area contributed by atoms with Gasteiger partial charge in [0.1, 0.15) is 23.8 Å². The maximum atomic E-state index is 13.6. The summed E-state index contributed by atoms with van der Waals surface area (Å²) in [5.41, 5.74) is 1.21. The number of amides is 3. The lowest BCUT2D eigenvalue weighted by molar-refractivity contribution is -0.384. The molecule has 0 bridgehead atoms. The van der Waals surface area contributed by atoms with E-state index in [-0.39, 0.29) is 27.8 Å². The number of piperidine rings is 1. The first-order chi connectivity index (χ1) is 18.2. The summed E-state index contributed by atoms with van der Waals surface area (Å²) in [7, 11) is 3.15. The van der Waals surface area contributed by atoms with Crippen molar-refractivity contribution in [2.24, 2.45) is 0 Å². The zero-order chi connectivity index (χ0) is 27.2. The summed E-state index contributed by atoms with van der Waals surface area (Å²) in [6.07, 6.45) is 2.79. The molecule has 2 aliphatic heterocycles. The van der Waals surface area contributed by atoms with Crippen LogP contribution in [0.1, 0.15) is 37.0 Å². The van der Waals surface area contributed by atoms with Crippen molar-refractivity contribution in [1.82, 2.24) is 19.8 Å². The van der Waals surface area contributed by atoms with E-state index < -0.39 is 16.9 Å². The van der Waals surface area contributed by atoms with Crippen molar-refractivity contribution in [3.05, 3.63) is 52.3 Å². The topological polar surface area (TPSA) is 137 Å². The minimum absolute atomic E-state index is 0.0948. The van der Waals surface area contributed by atoms with Crippen LogP contribution in [0.4, 0.5) is 22.0 Å². The number of carbonyl (C=O) groups is 2. The molecule has 1 atom stereocenters. The Labute approximate surface area is 218 Å². The molecule has 1 unspecified atom stereocenters. The van der Waals surface area contributed by atoms with Gasteiger partial charge in [-0.1, -0.05) is 0 Å². The van der Waals surface area contributed by atoms with Crippen LogP contribution in [0.25, 0.3) is 10.9 Å². The van der Waals surface area contributed by atoms with Gasteiger partial charge in [0.25, 0.3) is 11.6 Å². The summed E-state index contributed by atoms with van der Waals surface area (Å²) in [5.74, 6) is 1.31. The van der Waals surface area contributed by atoms with Crippen LogP contribution in [0.2, 0.25) is 0 Å². The smallest absolute Gasteiger partial charge is 0.429 e. The van der Waals surface area contributed by atoms with Crippen molar-refractivity contribution >= 4 is 40.0 Å². The monoisotopic (exact) mass is 521 g/mol. The highest BCUT2D eigenvalue weighted by molar-refractivity contribution is 6.15. The molecule has 0 spiro atoms. The van der Waals surface area contributed by atoms with Gasteiger partial charge in [-0.05, 0) is 19.9 Å². The molecule has 0 radical (unpaired) electrons. The predicted molar refractivity (Wildman–Crippen MR) is 141 cm³/mol. The molecule has 1 fully saturated rings. The van der Waals surface area contributed by atoms with E-state index in [0.29, 0.717) is 43.1 Å². The lowest BCUT2D eigenvalue weighted by atomic mass is 9.93. The Kier molecular flexibility index (Phi) is 6.35. The number of non-ortho nitro benzene ring substituents is 1. The van der Waals surface area contributed by atoms with E-state index in [1.807, 2.05) is 26.0 Å². The molecule has 3 heterocycles. The zero-order valence-electron chi connectivity index (χ0n) is 21.6. The molecule has 1 N–H and O–H groups in total. The van der Waals surface area contributed by atoms with Gasteiger partial charge in [-0.15, -0.1) is 0 Å². The van der Waals surface area contributed by atoms with Gasteiger partial charge in [0.2, 0.25) is 0 Å². The lowest BCUT2D eigenvalue weighted by Crippen LogP contribution is -2.72. The SMILES string of the molecule is COc1cc2ncnc(N3CCC([N+]4(C(C)C)C(=O)NC(=O)c5cc([N+](=O)[O-])ccc54)CC3)c2cc1OC. The molecular weight excluding hydrogens is 492 g/mol. The number of hydrogen-bond donors (Lipinski definition) is 1. The van der Waals surface area contributed by atoms with Crippen molar-refractivity contribution in [2.45, 2.75) is 38.8 Å². The van der Waals surface area contributed by atoms with Gasteiger partial charge in [0.05, 0.1) is 30.7 Å². The molecule has 1 aromatic heterocycles. The van der Waals surface area contributed by atoms with Crippen LogP contribution in [0.15, 0.2) is 36.7 Å². The molecule has 0 saturated carbocycles. The number of aromatic nitrogens is 2. The van der Waals surface area contributed by atoms with Crippen LogP contribution in [0, 0.1) is 10.1 Å². The van der Waals surface area contributed by atoms with Gasteiger partial charge < -0.3 is 14.4 Å². The fourth-order valence-corrected chi connectivity index (χ4v) is 5.91. The summed E-state index contributed by atoms with van der Waals surface area (Å²) in [5, 5.41) is 14.7. The molecule has 3 amide bonds. The average molecular weight is 522 g/mol. The van der Waals surface area contributed by atoms with E-state index in [4.69, 9.17) is 9.47 Å². The molecule has 0 aliphatic carbocycles. The second-order valence-corrected chi connectivity index (χ2v) is 9.73. The van der Waals surface area contributed by atoms with Crippen molar-refractivity contribution < 1.29 is 24.0 Å². The summed E-state index contributed by atoms with van der Waals surface area (Å²) in [6, 6.07) is 7.10. The minimum Gasteiger partial charge on any atom is -0.493 e. The van der Waals surface area contributed by atoms with Gasteiger partial charge in [0, 0.05) is 55.6 Å². The first kappa shape index (κ1) is 25.3. The van der Waals surface area contributed by atoms with Crippen LogP contribution in [-0.2, 0) is 0 Å². The van der Waals surface area contributed by atoms with Crippen molar-refractivity contribution in [1.29, 1.82) is 0 Å². The van der Waals surface area contributed by atoms with E-state index in [9.17, 15) is 19.7 Å². The summed E-state index contributed by atoms with van der Waals surface area (Å²) in [4.78, 5) is 48.2. The van der Waals surface area contributed by atoms with Gasteiger partial charge in [-0.2, -0.15) is 0 Å². The summed E-state index contributed by atoms with van der Waals surface area (Å²) in [6.45, 7) is 5.10. The molecular formula is C26H29N6O6+. The van der Waals surface area contributed by atoms with E-state index >= 15 is 0 Å². The van der Waals surface area contributed by atoms with Crippen LogP contribution < -0.4 is 24.2 Å². The molecule has 198 valence electrons. The van der Waals surface area contributed by atoms with E-state index in [0.717, 1.165) is 16.7 Å². The molecule has 1 saturated heterocycles. The third-order valence-electron chi connectivity index (χ3n) is 7.66. The van der Waals surface area contributed by atoms with Gasteiger partial charge in [-0.3, -0.25) is 14.9 Å². The Balaban J connectivity index is 1.50. The van der Waals surface area contributed by atoms with Gasteiger partial charge >= 0.3 is 6.03 Å². The number of fused-ring (bicyclic) bond motifs is 2. The average Bonchev–Trinajstić information content (AvgIpc) is 2.92. The number of nitro benzene ring substituents is 1. The maximum absolute atomic E-state index is 13.6. The van der Waals surface area contributed by atoms with Crippen molar-refractivity contribution in [3.63, 3.8) is 0 Å². The molecule has 5 rings (SSSR count). The minimum atomic E-state index is -0.614. The number of nitrogens with one attached hydrogen (secondary N) is 1. The molecule has 12 heteroatoms. The fourth-order valence-electron chi connectivity index (χ4n) is 5.91. The molecule has 2 aliphatic rings. The third kappa shape index (κ3) is 3.79. The van der Waals surface area contributed by atoms with E-state index in [1.165, 1.54) is 18.5 Å². The van der Waals surface area contributed by atoms with Crippen LogP contribution in [-0.4, -0.2) is 66.2 Å². The number of ether oxygens (including phenoxy) is 2.